The molecule has 4 rings (SSSR count). The van der Waals surface area contributed by atoms with Gasteiger partial charge in [-0.25, -0.2) is 4.39 Å². The van der Waals surface area contributed by atoms with Crippen LogP contribution in [0, 0.1) is 11.7 Å². The fraction of sp³-hybridized carbons (Fsp3) is 0.600. The van der Waals surface area contributed by atoms with Gasteiger partial charge in [-0.3, -0.25) is 15.1 Å². The molecule has 8 heteroatoms. The molecular weight excluding hydrogens is 401 g/mol. The predicted molar refractivity (Wildman–Crippen MR) is 111 cm³/mol. The summed E-state index contributed by atoms with van der Waals surface area (Å²) >= 11 is 7.81. The van der Waals surface area contributed by atoms with E-state index < -0.39 is 11.7 Å². The van der Waals surface area contributed by atoms with Gasteiger partial charge in [0.1, 0.15) is 12.0 Å². The smallest absolute Gasteiger partial charge is 0.255 e. The number of benzene rings is 1. The molecule has 5 atom stereocenters. The molecule has 5 nitrogen and oxygen atoms in total. The van der Waals surface area contributed by atoms with Crippen LogP contribution in [0.2, 0.25) is 5.02 Å². The van der Waals surface area contributed by atoms with Crippen molar-refractivity contribution in [2.75, 3.05) is 13.1 Å². The van der Waals surface area contributed by atoms with Crippen LogP contribution < -0.4 is 10.6 Å². The summed E-state index contributed by atoms with van der Waals surface area (Å²) in [5.74, 6) is -0.684. The summed E-state index contributed by atoms with van der Waals surface area (Å²) < 4.78 is 20.4. The van der Waals surface area contributed by atoms with Crippen LogP contribution >= 0.6 is 23.4 Å². The number of nitrogens with zero attached hydrogens (tertiary/aromatic N) is 1. The Balaban J connectivity index is 1.43. The van der Waals surface area contributed by atoms with Crippen molar-refractivity contribution in [3.63, 3.8) is 0 Å². The van der Waals surface area contributed by atoms with Crippen molar-refractivity contribution < 1.29 is 13.9 Å². The number of hydrogen-bond donors (Lipinski definition) is 2. The van der Waals surface area contributed by atoms with Crippen LogP contribution in [-0.2, 0) is 4.74 Å². The van der Waals surface area contributed by atoms with E-state index in [-0.39, 0.29) is 29.5 Å². The first-order chi connectivity index (χ1) is 13.6. The lowest BCUT2D eigenvalue weighted by Gasteiger charge is -2.32. The van der Waals surface area contributed by atoms with Gasteiger partial charge < -0.3 is 10.1 Å². The zero-order valence-corrected chi connectivity index (χ0v) is 17.1. The second-order valence-corrected chi connectivity index (χ2v) is 9.16. The third-order valence-corrected chi connectivity index (χ3v) is 7.23. The number of nitrogens with one attached hydrogen (secondary N) is 2. The van der Waals surface area contributed by atoms with Crippen LogP contribution in [0.3, 0.4) is 0 Å². The number of ether oxygens (including phenoxy) is 1. The average molecular weight is 426 g/mol. The molecule has 2 fully saturated rings. The lowest BCUT2D eigenvalue weighted by molar-refractivity contribution is -0.0440. The number of halogens is 2. The van der Waals surface area contributed by atoms with E-state index in [4.69, 9.17) is 16.3 Å². The van der Waals surface area contributed by atoms with Gasteiger partial charge in [0.05, 0.1) is 35.3 Å². The molecule has 2 heterocycles. The van der Waals surface area contributed by atoms with Gasteiger partial charge in [0.15, 0.2) is 0 Å². The summed E-state index contributed by atoms with van der Waals surface area (Å²) in [6.45, 7) is 1.13. The molecule has 1 amide bonds. The van der Waals surface area contributed by atoms with Gasteiger partial charge >= 0.3 is 0 Å². The normalized spacial score (nSPS) is 32.6. The minimum Gasteiger partial charge on any atom is -0.358 e. The number of amides is 1. The zero-order chi connectivity index (χ0) is 19.5. The third-order valence-electron chi connectivity index (χ3n) is 5.80. The highest BCUT2D eigenvalue weighted by atomic mass is 35.5. The topological polar surface area (TPSA) is 62.7 Å². The van der Waals surface area contributed by atoms with Crippen molar-refractivity contribution in [1.29, 1.82) is 0 Å². The van der Waals surface area contributed by atoms with E-state index in [1.165, 1.54) is 24.6 Å². The summed E-state index contributed by atoms with van der Waals surface area (Å²) in [5.41, 5.74) is 1.84. The second-order valence-electron chi connectivity index (χ2n) is 7.66. The Hall–Kier alpha value is -1.15. The predicted octanol–water partition coefficient (Wildman–Crippen LogP) is 3.62. The van der Waals surface area contributed by atoms with Gasteiger partial charge in [0.2, 0.25) is 0 Å². The number of hydrogen-bond acceptors (Lipinski definition) is 5. The van der Waals surface area contributed by atoms with Crippen LogP contribution in [0.1, 0.15) is 42.5 Å². The lowest BCUT2D eigenvalue weighted by Crippen LogP contribution is -2.46. The highest BCUT2D eigenvalue weighted by molar-refractivity contribution is 8.12. The summed E-state index contributed by atoms with van der Waals surface area (Å²) in [7, 11) is 0. The number of aliphatic imine (C=N–C) groups is 1. The Kier molecular flexibility index (Phi) is 6.55. The zero-order valence-electron chi connectivity index (χ0n) is 15.6. The number of carbonyl (C=O) groups excluding carboxylic acids is 1. The summed E-state index contributed by atoms with van der Waals surface area (Å²) in [6.07, 6.45) is 5.39. The molecule has 1 aromatic carbocycles. The number of fused-ring (bicyclic) bond motifs is 3. The van der Waals surface area contributed by atoms with Crippen molar-refractivity contribution in [2.45, 2.75) is 55.7 Å². The second kappa shape index (κ2) is 9.11. The Morgan fingerprint density at radius 1 is 1.39 bits per heavy atom. The monoisotopic (exact) mass is 425 g/mol. The Morgan fingerprint density at radius 2 is 2.25 bits per heavy atom. The molecule has 1 saturated heterocycles. The molecule has 152 valence electrons. The number of carbonyl (C=O) groups is 1. The van der Waals surface area contributed by atoms with E-state index >= 15 is 0 Å². The van der Waals surface area contributed by atoms with Crippen molar-refractivity contribution >= 4 is 34.8 Å². The first kappa shape index (κ1) is 20.1. The molecule has 1 aromatic rings. The number of rotatable bonds is 4. The fourth-order valence-corrected chi connectivity index (χ4v) is 5.65. The molecule has 5 unspecified atom stereocenters. The molecular formula is C20H25ClFN3O2S. The lowest BCUT2D eigenvalue weighted by atomic mass is 9.84. The molecule has 2 aliphatic heterocycles. The summed E-state index contributed by atoms with van der Waals surface area (Å²) in [6, 6.07) is 4.60. The molecule has 0 spiro atoms. The quantitative estimate of drug-likeness (QED) is 0.773. The molecule has 3 aliphatic rings. The van der Waals surface area contributed by atoms with E-state index in [1.54, 1.807) is 0 Å². The maximum atomic E-state index is 14.0. The molecule has 1 saturated carbocycles. The first-order valence-corrected chi connectivity index (χ1v) is 11.2. The highest BCUT2D eigenvalue weighted by Gasteiger charge is 2.39. The first-order valence-electron chi connectivity index (χ1n) is 9.89. The van der Waals surface area contributed by atoms with Crippen molar-refractivity contribution in [3.8, 4) is 0 Å². The van der Waals surface area contributed by atoms with E-state index in [0.717, 1.165) is 32.2 Å². The van der Waals surface area contributed by atoms with Crippen molar-refractivity contribution in [1.82, 2.24) is 10.6 Å². The van der Waals surface area contributed by atoms with Gasteiger partial charge in [-0.2, -0.15) is 0 Å². The van der Waals surface area contributed by atoms with E-state index in [9.17, 15) is 9.18 Å². The molecule has 2 bridgehead atoms. The Bertz CT molecular complexity index is 722. The maximum absolute atomic E-state index is 14.0. The van der Waals surface area contributed by atoms with E-state index in [1.807, 2.05) is 17.3 Å². The summed E-state index contributed by atoms with van der Waals surface area (Å²) in [5, 5.41) is 6.94. The SMILES string of the molecule is O=C(NCC1NC2CCCCC(O1)C(C1CN=CS1)C2)c1c(F)cccc1Cl. The van der Waals surface area contributed by atoms with Gasteiger partial charge in [0.25, 0.3) is 5.91 Å². The van der Waals surface area contributed by atoms with Crippen LogP contribution in [0.25, 0.3) is 0 Å². The standard InChI is InChI=1S/C20H25ClFN3O2S/c21-14-5-3-6-15(22)19(14)20(26)24-10-18-25-12-4-1-2-7-16(27-18)13(8-12)17-9-23-11-28-17/h3,5-6,11-13,16-18,25H,1-2,4,7-10H2,(H,24,26). The third kappa shape index (κ3) is 4.53. The van der Waals surface area contributed by atoms with Gasteiger partial charge in [-0.1, -0.05) is 30.5 Å². The molecule has 28 heavy (non-hydrogen) atoms. The minimum atomic E-state index is -0.619. The molecule has 0 radical (unpaired) electrons. The maximum Gasteiger partial charge on any atom is 0.255 e. The molecule has 2 N–H and O–H groups in total. The molecule has 1 aliphatic carbocycles. The Morgan fingerprint density at radius 3 is 3.04 bits per heavy atom. The van der Waals surface area contributed by atoms with Crippen molar-refractivity contribution in [2.24, 2.45) is 10.9 Å². The molecule has 0 aromatic heterocycles. The van der Waals surface area contributed by atoms with Gasteiger partial charge in [-0.05, 0) is 31.4 Å². The largest absolute Gasteiger partial charge is 0.358 e. The van der Waals surface area contributed by atoms with Gasteiger partial charge in [0, 0.05) is 17.2 Å². The van der Waals surface area contributed by atoms with E-state index in [0.29, 0.717) is 17.2 Å². The van der Waals surface area contributed by atoms with Crippen LogP contribution in [0.15, 0.2) is 23.2 Å². The number of thioether (sulfide) groups is 1. The van der Waals surface area contributed by atoms with E-state index in [2.05, 4.69) is 15.6 Å². The van der Waals surface area contributed by atoms with Crippen LogP contribution in [0.5, 0.6) is 0 Å². The van der Waals surface area contributed by atoms with Crippen molar-refractivity contribution in [3.05, 3.63) is 34.6 Å². The summed E-state index contributed by atoms with van der Waals surface area (Å²) in [4.78, 5) is 16.9. The van der Waals surface area contributed by atoms with Gasteiger partial charge in [-0.15, -0.1) is 11.8 Å². The fourth-order valence-electron chi connectivity index (χ4n) is 4.42. The highest BCUT2D eigenvalue weighted by Crippen LogP contribution is 2.37. The Labute approximate surface area is 173 Å². The minimum absolute atomic E-state index is 0.110. The average Bonchev–Trinajstić information content (AvgIpc) is 3.15. The van der Waals surface area contributed by atoms with Crippen LogP contribution in [-0.4, -0.2) is 48.2 Å². The van der Waals surface area contributed by atoms with Crippen LogP contribution in [0.4, 0.5) is 4.39 Å².